The van der Waals surface area contributed by atoms with E-state index in [-0.39, 0.29) is 22.3 Å². The lowest BCUT2D eigenvalue weighted by molar-refractivity contribution is -0.0279. The first-order valence-corrected chi connectivity index (χ1v) is 9.72. The Kier molecular flexibility index (Phi) is 2.97. The van der Waals surface area contributed by atoms with Crippen LogP contribution in [0.15, 0.2) is 0 Å². The Morgan fingerprint density at radius 2 is 1.75 bits per heavy atom. The van der Waals surface area contributed by atoms with Gasteiger partial charge < -0.3 is 0 Å². The molecule has 3 aliphatic rings. The van der Waals surface area contributed by atoms with Crippen molar-refractivity contribution in [3.05, 3.63) is 0 Å². The molecule has 3 aliphatic carbocycles. The molecule has 0 aromatic rings. The van der Waals surface area contributed by atoms with Gasteiger partial charge in [0.15, 0.2) is 0 Å². The molecule has 5 atom stereocenters. The molecule has 1 spiro atoms. The molecule has 0 amide bonds. The monoisotopic (exact) mass is 300 g/mol. The fourth-order valence-electron chi connectivity index (χ4n) is 6.44. The zero-order valence-electron chi connectivity index (χ0n) is 13.4. The second-order valence-electron chi connectivity index (χ2n) is 8.61. The van der Waals surface area contributed by atoms with Gasteiger partial charge in [-0.3, -0.25) is 4.18 Å². The molecule has 116 valence electrons. The van der Waals surface area contributed by atoms with Gasteiger partial charge in [-0.1, -0.05) is 27.7 Å². The maximum absolute atomic E-state index is 11.8. The summed E-state index contributed by atoms with van der Waals surface area (Å²) in [4.78, 5) is 0. The Labute approximate surface area is 123 Å². The molecule has 1 unspecified atom stereocenters. The van der Waals surface area contributed by atoms with Crippen molar-refractivity contribution in [2.75, 3.05) is 6.26 Å². The largest absolute Gasteiger partial charge is 0.266 e. The third-order valence-corrected chi connectivity index (χ3v) is 7.33. The van der Waals surface area contributed by atoms with Crippen LogP contribution in [0.3, 0.4) is 0 Å². The summed E-state index contributed by atoms with van der Waals surface area (Å²) in [6, 6.07) is 0. The summed E-state index contributed by atoms with van der Waals surface area (Å²) < 4.78 is 29.3. The van der Waals surface area contributed by atoms with E-state index in [1.807, 2.05) is 0 Å². The fourth-order valence-corrected chi connectivity index (χ4v) is 7.22. The van der Waals surface area contributed by atoms with E-state index in [1.165, 1.54) is 25.5 Å². The average Bonchev–Trinajstić information content (AvgIpc) is 2.77. The highest BCUT2D eigenvalue weighted by atomic mass is 32.2. The molecule has 0 bridgehead atoms. The van der Waals surface area contributed by atoms with Crippen LogP contribution >= 0.6 is 0 Å². The van der Waals surface area contributed by atoms with Gasteiger partial charge in [0, 0.05) is 5.41 Å². The van der Waals surface area contributed by atoms with Gasteiger partial charge in [-0.15, -0.1) is 0 Å². The van der Waals surface area contributed by atoms with E-state index in [1.54, 1.807) is 0 Å². The predicted molar refractivity (Wildman–Crippen MR) is 79.8 cm³/mol. The van der Waals surface area contributed by atoms with E-state index < -0.39 is 10.1 Å². The number of rotatable bonds is 2. The van der Waals surface area contributed by atoms with Crippen LogP contribution in [0.25, 0.3) is 0 Å². The second kappa shape index (κ2) is 4.01. The maximum atomic E-state index is 11.8. The molecule has 0 saturated heterocycles. The first-order valence-electron chi connectivity index (χ1n) is 7.90. The highest BCUT2D eigenvalue weighted by molar-refractivity contribution is 7.86. The molecule has 0 aromatic heterocycles. The van der Waals surface area contributed by atoms with E-state index in [0.717, 1.165) is 12.8 Å². The van der Waals surface area contributed by atoms with Gasteiger partial charge in [0.05, 0.1) is 12.4 Å². The van der Waals surface area contributed by atoms with Crippen molar-refractivity contribution in [1.29, 1.82) is 0 Å². The minimum absolute atomic E-state index is 0.0550. The molecule has 3 saturated carbocycles. The van der Waals surface area contributed by atoms with Crippen LogP contribution in [0.5, 0.6) is 0 Å². The van der Waals surface area contributed by atoms with Gasteiger partial charge >= 0.3 is 0 Å². The Balaban J connectivity index is 2.10. The summed E-state index contributed by atoms with van der Waals surface area (Å²) in [6.45, 7) is 9.12. The van der Waals surface area contributed by atoms with Crippen molar-refractivity contribution < 1.29 is 12.6 Å². The highest BCUT2D eigenvalue weighted by Gasteiger charge is 2.73. The standard InChI is InChI=1S/C16H28O3S/c1-11-6-9-16-12(11)7-8-15(16,4)10-14(2,3)13(16)19-20(5,17)18/h11-13H,6-10H2,1-5H3/t11-,12?,13-,15+,16-/m1/s1. The van der Waals surface area contributed by atoms with Gasteiger partial charge in [-0.05, 0) is 54.8 Å². The molecular formula is C16H28O3S. The van der Waals surface area contributed by atoms with Gasteiger partial charge in [0.1, 0.15) is 0 Å². The zero-order valence-corrected chi connectivity index (χ0v) is 14.2. The van der Waals surface area contributed by atoms with E-state index in [2.05, 4.69) is 27.7 Å². The third-order valence-electron chi connectivity index (χ3n) is 6.79. The highest BCUT2D eigenvalue weighted by Crippen LogP contribution is 2.76. The van der Waals surface area contributed by atoms with Crippen molar-refractivity contribution in [3.63, 3.8) is 0 Å². The minimum Gasteiger partial charge on any atom is -0.266 e. The van der Waals surface area contributed by atoms with Crippen molar-refractivity contribution >= 4 is 10.1 Å². The molecule has 3 fully saturated rings. The first-order chi connectivity index (χ1) is 9.02. The topological polar surface area (TPSA) is 43.4 Å². The molecule has 0 aliphatic heterocycles. The summed E-state index contributed by atoms with van der Waals surface area (Å²) in [5.74, 6) is 1.34. The van der Waals surface area contributed by atoms with E-state index in [0.29, 0.717) is 11.8 Å². The average molecular weight is 300 g/mol. The molecular weight excluding hydrogens is 272 g/mol. The predicted octanol–water partition coefficient (Wildman–Crippen LogP) is 3.59. The second-order valence-corrected chi connectivity index (χ2v) is 10.2. The Hall–Kier alpha value is -0.0900. The quantitative estimate of drug-likeness (QED) is 0.732. The first kappa shape index (κ1) is 14.8. The van der Waals surface area contributed by atoms with Crippen LogP contribution in [-0.2, 0) is 14.3 Å². The Morgan fingerprint density at radius 1 is 1.10 bits per heavy atom. The van der Waals surface area contributed by atoms with E-state index >= 15 is 0 Å². The molecule has 0 heterocycles. The zero-order chi connectivity index (χ0) is 15.0. The van der Waals surface area contributed by atoms with Crippen LogP contribution in [-0.4, -0.2) is 20.8 Å². The van der Waals surface area contributed by atoms with Crippen molar-refractivity contribution in [2.24, 2.45) is 28.1 Å². The lowest BCUT2D eigenvalue weighted by Gasteiger charge is -2.43. The van der Waals surface area contributed by atoms with Crippen LogP contribution < -0.4 is 0 Å². The van der Waals surface area contributed by atoms with Crippen LogP contribution in [0.4, 0.5) is 0 Å². The molecule has 0 radical (unpaired) electrons. The molecule has 0 N–H and O–H groups in total. The summed E-state index contributed by atoms with van der Waals surface area (Å²) in [7, 11) is -3.41. The Morgan fingerprint density at radius 3 is 2.35 bits per heavy atom. The maximum Gasteiger partial charge on any atom is 0.264 e. The molecule has 0 aromatic carbocycles. The molecule has 3 nitrogen and oxygen atoms in total. The van der Waals surface area contributed by atoms with Crippen LogP contribution in [0.2, 0.25) is 0 Å². The number of hydrogen-bond donors (Lipinski definition) is 0. The van der Waals surface area contributed by atoms with Crippen LogP contribution in [0.1, 0.15) is 59.8 Å². The smallest absolute Gasteiger partial charge is 0.264 e. The summed E-state index contributed by atoms with van der Waals surface area (Å²) >= 11 is 0. The van der Waals surface area contributed by atoms with E-state index in [4.69, 9.17) is 4.18 Å². The van der Waals surface area contributed by atoms with Gasteiger partial charge in [0.2, 0.25) is 0 Å². The van der Waals surface area contributed by atoms with Gasteiger partial charge in [0.25, 0.3) is 10.1 Å². The lowest BCUT2D eigenvalue weighted by atomic mass is 9.64. The van der Waals surface area contributed by atoms with E-state index in [9.17, 15) is 8.42 Å². The Bertz CT molecular complexity index is 524. The molecule has 20 heavy (non-hydrogen) atoms. The van der Waals surface area contributed by atoms with Crippen molar-refractivity contribution in [2.45, 2.75) is 65.9 Å². The van der Waals surface area contributed by atoms with Crippen molar-refractivity contribution in [1.82, 2.24) is 0 Å². The lowest BCUT2D eigenvalue weighted by Crippen LogP contribution is -2.46. The summed E-state index contributed by atoms with van der Waals surface area (Å²) in [5.41, 5.74) is 0.279. The van der Waals surface area contributed by atoms with Gasteiger partial charge in [-0.2, -0.15) is 8.42 Å². The summed E-state index contributed by atoms with van der Waals surface area (Å²) in [5, 5.41) is 0. The number of hydrogen-bond acceptors (Lipinski definition) is 3. The minimum atomic E-state index is -3.41. The SMILES string of the molecule is C[C@@H]1CC[C@]23C1CC[C@@]2(C)CC(C)(C)[C@H]3OS(C)(=O)=O. The fraction of sp³-hybridized carbons (Fsp3) is 1.00. The third kappa shape index (κ3) is 1.76. The molecule has 3 rings (SSSR count). The van der Waals surface area contributed by atoms with Crippen molar-refractivity contribution in [3.8, 4) is 0 Å². The van der Waals surface area contributed by atoms with Crippen LogP contribution in [0, 0.1) is 28.1 Å². The normalized spacial score (nSPS) is 50.1. The van der Waals surface area contributed by atoms with Gasteiger partial charge in [-0.25, -0.2) is 0 Å². The summed E-state index contributed by atoms with van der Waals surface area (Å²) in [6.07, 6.45) is 6.99. The molecule has 4 heteroatoms.